The molecule has 0 saturated heterocycles. The molecule has 0 amide bonds. The fraction of sp³-hybridized carbons (Fsp3) is 0.385. The highest BCUT2D eigenvalue weighted by molar-refractivity contribution is 6.35. The van der Waals surface area contributed by atoms with Gasteiger partial charge in [-0.25, -0.2) is 0 Å². The van der Waals surface area contributed by atoms with Gasteiger partial charge < -0.3 is 5.32 Å². The van der Waals surface area contributed by atoms with Gasteiger partial charge in [-0.3, -0.25) is 0 Å². The molecule has 0 aliphatic rings. The number of allylic oxidation sites excluding steroid dienone is 1. The Hall–Kier alpha value is -0.500. The molecule has 0 unspecified atom stereocenters. The number of rotatable bonds is 7. The third-order valence-electron chi connectivity index (χ3n) is 2.35. The molecule has 0 bridgehead atoms. The zero-order chi connectivity index (χ0) is 11.8. The third kappa shape index (κ3) is 5.02. The number of benzene rings is 1. The van der Waals surface area contributed by atoms with Gasteiger partial charge in [0, 0.05) is 10.0 Å². The number of hydrogen-bond donors (Lipinski definition) is 1. The van der Waals surface area contributed by atoms with Crippen molar-refractivity contribution in [2.45, 2.75) is 19.3 Å². The van der Waals surface area contributed by atoms with E-state index in [-0.39, 0.29) is 0 Å². The molecule has 1 rings (SSSR count). The quantitative estimate of drug-likeness (QED) is 0.573. The van der Waals surface area contributed by atoms with Crippen LogP contribution in [-0.2, 0) is 6.42 Å². The molecule has 16 heavy (non-hydrogen) atoms. The van der Waals surface area contributed by atoms with Gasteiger partial charge in [-0.2, -0.15) is 0 Å². The second-order valence-corrected chi connectivity index (χ2v) is 4.51. The molecule has 1 aromatic rings. The Morgan fingerprint density at radius 2 is 2.06 bits per heavy atom. The van der Waals surface area contributed by atoms with Crippen LogP contribution in [-0.4, -0.2) is 13.1 Å². The van der Waals surface area contributed by atoms with E-state index in [2.05, 4.69) is 11.9 Å². The Kier molecular flexibility index (Phi) is 6.55. The SMILES string of the molecule is C=CCCCNCCc1ccc(Cl)cc1Cl. The van der Waals surface area contributed by atoms with Crippen molar-refractivity contribution in [1.82, 2.24) is 5.32 Å². The molecule has 0 aliphatic heterocycles. The van der Waals surface area contributed by atoms with Crippen LogP contribution in [0.25, 0.3) is 0 Å². The smallest absolute Gasteiger partial charge is 0.0453 e. The average Bonchev–Trinajstić information content (AvgIpc) is 2.26. The van der Waals surface area contributed by atoms with E-state index >= 15 is 0 Å². The van der Waals surface area contributed by atoms with Gasteiger partial charge in [0.25, 0.3) is 0 Å². The average molecular weight is 258 g/mol. The molecule has 1 nitrogen and oxygen atoms in total. The zero-order valence-electron chi connectivity index (χ0n) is 9.31. The van der Waals surface area contributed by atoms with Crippen molar-refractivity contribution >= 4 is 23.2 Å². The van der Waals surface area contributed by atoms with E-state index in [9.17, 15) is 0 Å². The Balaban J connectivity index is 2.24. The highest BCUT2D eigenvalue weighted by Crippen LogP contribution is 2.20. The molecule has 3 heteroatoms. The summed E-state index contributed by atoms with van der Waals surface area (Å²) in [4.78, 5) is 0. The van der Waals surface area contributed by atoms with Crippen LogP contribution in [0.5, 0.6) is 0 Å². The highest BCUT2D eigenvalue weighted by Gasteiger charge is 2.00. The van der Waals surface area contributed by atoms with E-state index in [1.54, 1.807) is 6.07 Å². The Morgan fingerprint density at radius 3 is 2.75 bits per heavy atom. The molecule has 0 saturated carbocycles. The molecule has 1 aromatic carbocycles. The Bertz CT molecular complexity index is 337. The lowest BCUT2D eigenvalue weighted by molar-refractivity contribution is 0.653. The van der Waals surface area contributed by atoms with Crippen LogP contribution in [0, 0.1) is 0 Å². The summed E-state index contributed by atoms with van der Waals surface area (Å²) < 4.78 is 0. The van der Waals surface area contributed by atoms with Gasteiger partial charge >= 0.3 is 0 Å². The minimum absolute atomic E-state index is 0.688. The van der Waals surface area contributed by atoms with E-state index in [0.29, 0.717) is 5.02 Å². The number of unbranched alkanes of at least 4 members (excludes halogenated alkanes) is 1. The molecular formula is C13H17Cl2N. The lowest BCUT2D eigenvalue weighted by Crippen LogP contribution is -2.18. The summed E-state index contributed by atoms with van der Waals surface area (Å²) in [6, 6.07) is 5.65. The van der Waals surface area contributed by atoms with Crippen LogP contribution in [0.15, 0.2) is 30.9 Å². The summed E-state index contributed by atoms with van der Waals surface area (Å²) in [6.45, 7) is 5.66. The predicted octanol–water partition coefficient (Wildman–Crippen LogP) is 4.09. The van der Waals surface area contributed by atoms with E-state index < -0.39 is 0 Å². The molecule has 88 valence electrons. The standard InChI is InChI=1S/C13H17Cl2N/c1-2-3-4-8-16-9-7-11-5-6-12(14)10-13(11)15/h2,5-6,10,16H,1,3-4,7-9H2. The summed E-state index contributed by atoms with van der Waals surface area (Å²) in [5, 5.41) is 4.81. The van der Waals surface area contributed by atoms with E-state index in [1.807, 2.05) is 18.2 Å². The molecule has 0 aromatic heterocycles. The van der Waals surface area contributed by atoms with Crippen molar-refractivity contribution in [2.75, 3.05) is 13.1 Å². The topological polar surface area (TPSA) is 12.0 Å². The first-order valence-electron chi connectivity index (χ1n) is 5.49. The van der Waals surface area contributed by atoms with Gasteiger partial charge in [-0.1, -0.05) is 35.3 Å². The van der Waals surface area contributed by atoms with E-state index in [4.69, 9.17) is 23.2 Å². The van der Waals surface area contributed by atoms with Crippen LogP contribution in [0.1, 0.15) is 18.4 Å². The van der Waals surface area contributed by atoms with Crippen LogP contribution in [0.2, 0.25) is 10.0 Å². The van der Waals surface area contributed by atoms with Gasteiger partial charge in [0.15, 0.2) is 0 Å². The van der Waals surface area contributed by atoms with Crippen LogP contribution >= 0.6 is 23.2 Å². The molecule has 0 fully saturated rings. The summed E-state index contributed by atoms with van der Waals surface area (Å²) in [5.41, 5.74) is 1.14. The van der Waals surface area contributed by atoms with Gasteiger partial charge in [0.05, 0.1) is 0 Å². The van der Waals surface area contributed by atoms with Crippen molar-refractivity contribution < 1.29 is 0 Å². The molecule has 1 N–H and O–H groups in total. The maximum Gasteiger partial charge on any atom is 0.0453 e. The molecule has 0 spiro atoms. The van der Waals surface area contributed by atoms with Gasteiger partial charge in [0.2, 0.25) is 0 Å². The lowest BCUT2D eigenvalue weighted by Gasteiger charge is -2.06. The molecule has 0 heterocycles. The van der Waals surface area contributed by atoms with Crippen molar-refractivity contribution in [3.8, 4) is 0 Å². The van der Waals surface area contributed by atoms with Crippen LogP contribution in [0.3, 0.4) is 0 Å². The molecular weight excluding hydrogens is 241 g/mol. The molecule has 0 radical (unpaired) electrons. The van der Waals surface area contributed by atoms with Gasteiger partial charge in [-0.15, -0.1) is 6.58 Å². The molecule has 0 atom stereocenters. The second-order valence-electron chi connectivity index (χ2n) is 3.67. The first-order valence-corrected chi connectivity index (χ1v) is 6.25. The predicted molar refractivity (Wildman–Crippen MR) is 72.5 cm³/mol. The maximum absolute atomic E-state index is 6.07. The normalized spacial score (nSPS) is 10.4. The Labute approximate surface area is 107 Å². The van der Waals surface area contributed by atoms with Crippen molar-refractivity contribution in [3.05, 3.63) is 46.5 Å². The molecule has 0 aliphatic carbocycles. The first-order chi connectivity index (χ1) is 7.74. The third-order valence-corrected chi connectivity index (χ3v) is 2.93. The number of halogens is 2. The lowest BCUT2D eigenvalue weighted by atomic mass is 10.1. The summed E-state index contributed by atoms with van der Waals surface area (Å²) in [7, 11) is 0. The number of hydrogen-bond acceptors (Lipinski definition) is 1. The van der Waals surface area contributed by atoms with Crippen molar-refractivity contribution in [2.24, 2.45) is 0 Å². The van der Waals surface area contributed by atoms with Crippen LogP contribution < -0.4 is 5.32 Å². The van der Waals surface area contributed by atoms with Crippen LogP contribution in [0.4, 0.5) is 0 Å². The number of nitrogens with one attached hydrogen (secondary N) is 1. The summed E-state index contributed by atoms with van der Waals surface area (Å²) in [5.74, 6) is 0. The fourth-order valence-electron chi connectivity index (χ4n) is 1.44. The first kappa shape index (κ1) is 13.6. The summed E-state index contributed by atoms with van der Waals surface area (Å²) >= 11 is 11.9. The summed E-state index contributed by atoms with van der Waals surface area (Å²) in [6.07, 6.45) is 5.08. The fourth-order valence-corrected chi connectivity index (χ4v) is 1.95. The van der Waals surface area contributed by atoms with E-state index in [0.717, 1.165) is 42.9 Å². The Morgan fingerprint density at radius 1 is 1.25 bits per heavy atom. The van der Waals surface area contributed by atoms with Crippen molar-refractivity contribution in [3.63, 3.8) is 0 Å². The second kappa shape index (κ2) is 7.72. The monoisotopic (exact) mass is 257 g/mol. The minimum atomic E-state index is 0.688. The maximum atomic E-state index is 6.07. The largest absolute Gasteiger partial charge is 0.316 e. The van der Waals surface area contributed by atoms with Gasteiger partial charge in [-0.05, 0) is 50.0 Å². The van der Waals surface area contributed by atoms with E-state index in [1.165, 1.54) is 0 Å². The highest BCUT2D eigenvalue weighted by atomic mass is 35.5. The minimum Gasteiger partial charge on any atom is -0.316 e. The zero-order valence-corrected chi connectivity index (χ0v) is 10.8. The van der Waals surface area contributed by atoms with Gasteiger partial charge in [0.1, 0.15) is 0 Å². The van der Waals surface area contributed by atoms with Crippen molar-refractivity contribution in [1.29, 1.82) is 0 Å².